The molecule has 1 aromatic heterocycles. The highest BCUT2D eigenvalue weighted by atomic mass is 16.1. The lowest BCUT2D eigenvalue weighted by atomic mass is 10.0. The molecule has 0 spiro atoms. The zero-order chi connectivity index (χ0) is 12.1. The fourth-order valence-electron chi connectivity index (χ4n) is 1.33. The Bertz CT molecular complexity index is 422. The topological polar surface area (TPSA) is 91.8 Å². The maximum atomic E-state index is 11.2. The maximum Gasteiger partial charge on any atom is 0.240 e. The van der Waals surface area contributed by atoms with E-state index in [0.717, 1.165) is 0 Å². The Morgan fingerprint density at radius 3 is 2.81 bits per heavy atom. The van der Waals surface area contributed by atoms with Crippen molar-refractivity contribution in [1.29, 1.82) is 5.26 Å². The largest absolute Gasteiger partial charge is 0.373 e. The second kappa shape index (κ2) is 5.12. The third-order valence-corrected chi connectivity index (χ3v) is 2.17. The highest BCUT2D eigenvalue weighted by Crippen LogP contribution is 2.12. The summed E-state index contributed by atoms with van der Waals surface area (Å²) in [6.45, 7) is 3.80. The van der Waals surface area contributed by atoms with E-state index in [4.69, 9.17) is 11.0 Å². The molecule has 0 bridgehead atoms. The summed E-state index contributed by atoms with van der Waals surface area (Å²) in [5, 5.41) is 11.7. The van der Waals surface area contributed by atoms with Crippen LogP contribution in [0.3, 0.4) is 0 Å². The molecule has 0 saturated heterocycles. The van der Waals surface area contributed by atoms with Crippen LogP contribution in [0.1, 0.15) is 19.5 Å². The van der Waals surface area contributed by atoms with Crippen LogP contribution in [0.5, 0.6) is 0 Å². The predicted molar refractivity (Wildman–Crippen MR) is 60.4 cm³/mol. The van der Waals surface area contributed by atoms with E-state index in [-0.39, 0.29) is 5.92 Å². The first kappa shape index (κ1) is 12.0. The first-order valence-electron chi connectivity index (χ1n) is 4.96. The van der Waals surface area contributed by atoms with Gasteiger partial charge in [-0.15, -0.1) is 0 Å². The number of nitrogens with zero attached hydrogens (tertiary/aromatic N) is 2. The number of hydrogen-bond donors (Lipinski definition) is 2. The van der Waals surface area contributed by atoms with Gasteiger partial charge < -0.3 is 11.1 Å². The summed E-state index contributed by atoms with van der Waals surface area (Å²) in [5.41, 5.74) is 6.25. The summed E-state index contributed by atoms with van der Waals surface area (Å²) in [5.74, 6) is -0.332. The average molecular weight is 218 g/mol. The van der Waals surface area contributed by atoms with E-state index in [1.807, 2.05) is 19.9 Å². The van der Waals surface area contributed by atoms with Gasteiger partial charge in [-0.05, 0) is 18.1 Å². The van der Waals surface area contributed by atoms with Gasteiger partial charge in [0.05, 0.1) is 0 Å². The van der Waals surface area contributed by atoms with Gasteiger partial charge in [0, 0.05) is 11.9 Å². The molecule has 5 nitrogen and oxygen atoms in total. The molecule has 3 N–H and O–H groups in total. The molecular weight excluding hydrogens is 204 g/mol. The van der Waals surface area contributed by atoms with Crippen molar-refractivity contribution in [3.05, 3.63) is 24.0 Å². The van der Waals surface area contributed by atoms with E-state index in [0.29, 0.717) is 11.4 Å². The number of nitrogens with two attached hydrogens (primary N) is 1. The molecule has 0 aromatic carbocycles. The van der Waals surface area contributed by atoms with Gasteiger partial charge in [-0.2, -0.15) is 5.26 Å². The molecule has 1 unspecified atom stereocenters. The molecule has 16 heavy (non-hydrogen) atoms. The van der Waals surface area contributed by atoms with E-state index < -0.39 is 11.9 Å². The van der Waals surface area contributed by atoms with E-state index >= 15 is 0 Å². The third kappa shape index (κ3) is 2.95. The van der Waals surface area contributed by atoms with Crippen LogP contribution < -0.4 is 11.1 Å². The van der Waals surface area contributed by atoms with Crippen molar-refractivity contribution >= 4 is 11.6 Å². The molecule has 1 aromatic rings. The Kier molecular flexibility index (Phi) is 3.84. The van der Waals surface area contributed by atoms with Gasteiger partial charge in [0.1, 0.15) is 17.8 Å². The maximum absolute atomic E-state index is 11.2. The molecule has 1 amide bonds. The van der Waals surface area contributed by atoms with Crippen molar-refractivity contribution in [2.75, 3.05) is 5.32 Å². The van der Waals surface area contributed by atoms with Gasteiger partial charge in [0.25, 0.3) is 0 Å². The van der Waals surface area contributed by atoms with E-state index in [2.05, 4.69) is 10.3 Å². The van der Waals surface area contributed by atoms with Crippen LogP contribution in [0, 0.1) is 17.2 Å². The second-order valence-electron chi connectivity index (χ2n) is 3.81. The molecule has 1 rings (SSSR count). The van der Waals surface area contributed by atoms with Gasteiger partial charge in [0.15, 0.2) is 0 Å². The number of aromatic nitrogens is 1. The van der Waals surface area contributed by atoms with Crippen molar-refractivity contribution < 1.29 is 4.79 Å². The Hall–Kier alpha value is -2.09. The number of pyridine rings is 1. The van der Waals surface area contributed by atoms with Crippen molar-refractivity contribution in [3.8, 4) is 6.07 Å². The van der Waals surface area contributed by atoms with Crippen LogP contribution in [-0.4, -0.2) is 16.9 Å². The van der Waals surface area contributed by atoms with Crippen LogP contribution in [0.4, 0.5) is 5.69 Å². The minimum atomic E-state index is -0.450. The quantitative estimate of drug-likeness (QED) is 0.784. The number of hydrogen-bond acceptors (Lipinski definition) is 4. The number of primary amides is 1. The van der Waals surface area contributed by atoms with Gasteiger partial charge in [0.2, 0.25) is 5.91 Å². The predicted octanol–water partition coefficient (Wildman–Crippen LogP) is 0.875. The van der Waals surface area contributed by atoms with E-state index in [9.17, 15) is 4.79 Å². The molecular formula is C11H14N4O. The summed E-state index contributed by atoms with van der Waals surface area (Å²) in [6.07, 6.45) is 1.51. The molecule has 0 saturated carbocycles. The summed E-state index contributed by atoms with van der Waals surface area (Å²) in [7, 11) is 0. The SMILES string of the molecule is CC(C)C(Nc1ccnc(C#N)c1)C(N)=O. The fourth-order valence-corrected chi connectivity index (χ4v) is 1.33. The zero-order valence-electron chi connectivity index (χ0n) is 9.27. The molecule has 0 radical (unpaired) electrons. The van der Waals surface area contributed by atoms with Crippen LogP contribution in [0.2, 0.25) is 0 Å². The van der Waals surface area contributed by atoms with Crippen LogP contribution >= 0.6 is 0 Å². The number of amides is 1. The van der Waals surface area contributed by atoms with Crippen molar-refractivity contribution in [2.45, 2.75) is 19.9 Å². The molecule has 0 aliphatic rings. The van der Waals surface area contributed by atoms with Crippen molar-refractivity contribution in [1.82, 2.24) is 4.98 Å². The molecule has 0 fully saturated rings. The molecule has 0 aliphatic carbocycles. The standard InChI is InChI=1S/C11H14N4O/c1-7(2)10(11(13)16)15-8-3-4-14-9(5-8)6-12/h3-5,7,10H,1-2H3,(H2,13,16)(H,14,15). The Labute approximate surface area is 94.3 Å². The van der Waals surface area contributed by atoms with Gasteiger partial charge in [-0.3, -0.25) is 4.79 Å². The second-order valence-corrected chi connectivity index (χ2v) is 3.81. The fraction of sp³-hybridized carbons (Fsp3) is 0.364. The molecule has 1 heterocycles. The average Bonchev–Trinajstić information content (AvgIpc) is 2.25. The van der Waals surface area contributed by atoms with Crippen LogP contribution in [0.25, 0.3) is 0 Å². The van der Waals surface area contributed by atoms with Crippen molar-refractivity contribution in [2.24, 2.45) is 11.7 Å². The minimum absolute atomic E-state index is 0.0798. The minimum Gasteiger partial charge on any atom is -0.373 e. The zero-order valence-corrected chi connectivity index (χ0v) is 9.27. The molecule has 84 valence electrons. The Morgan fingerprint density at radius 2 is 2.31 bits per heavy atom. The third-order valence-electron chi connectivity index (χ3n) is 2.17. The highest BCUT2D eigenvalue weighted by Gasteiger charge is 2.18. The summed E-state index contributed by atoms with van der Waals surface area (Å²) < 4.78 is 0. The van der Waals surface area contributed by atoms with Crippen molar-refractivity contribution in [3.63, 3.8) is 0 Å². The number of anilines is 1. The van der Waals surface area contributed by atoms with Gasteiger partial charge >= 0.3 is 0 Å². The highest BCUT2D eigenvalue weighted by molar-refractivity contribution is 5.83. The lowest BCUT2D eigenvalue weighted by Crippen LogP contribution is -2.39. The van der Waals surface area contributed by atoms with E-state index in [1.54, 1.807) is 12.1 Å². The summed E-state index contributed by atoms with van der Waals surface area (Å²) in [4.78, 5) is 15.0. The Morgan fingerprint density at radius 1 is 1.62 bits per heavy atom. The summed E-state index contributed by atoms with van der Waals surface area (Å²) >= 11 is 0. The first-order valence-corrected chi connectivity index (χ1v) is 4.96. The number of nitriles is 1. The first-order chi connectivity index (χ1) is 7.54. The number of carbonyl (C=O) groups excluding carboxylic acids is 1. The normalized spacial score (nSPS) is 11.9. The molecule has 1 atom stereocenters. The molecule has 0 aliphatic heterocycles. The number of nitrogens with one attached hydrogen (secondary N) is 1. The lowest BCUT2D eigenvalue weighted by molar-refractivity contribution is -0.119. The number of rotatable bonds is 4. The Balaban J connectivity index is 2.86. The van der Waals surface area contributed by atoms with Gasteiger partial charge in [-0.25, -0.2) is 4.98 Å². The van der Waals surface area contributed by atoms with E-state index in [1.165, 1.54) is 6.20 Å². The van der Waals surface area contributed by atoms with Crippen LogP contribution in [-0.2, 0) is 4.79 Å². The molecule has 5 heteroatoms. The van der Waals surface area contributed by atoms with Gasteiger partial charge in [-0.1, -0.05) is 13.8 Å². The number of carbonyl (C=O) groups is 1. The monoisotopic (exact) mass is 218 g/mol. The smallest absolute Gasteiger partial charge is 0.240 e. The lowest BCUT2D eigenvalue weighted by Gasteiger charge is -2.19. The van der Waals surface area contributed by atoms with Crippen LogP contribution in [0.15, 0.2) is 18.3 Å². The summed E-state index contributed by atoms with van der Waals surface area (Å²) in [6, 6.07) is 4.76.